The summed E-state index contributed by atoms with van der Waals surface area (Å²) in [5, 5.41) is 16.6. The van der Waals surface area contributed by atoms with Gasteiger partial charge in [-0.15, -0.1) is 11.3 Å². The lowest BCUT2D eigenvalue weighted by atomic mass is 9.97. The summed E-state index contributed by atoms with van der Waals surface area (Å²) in [7, 11) is 0. The van der Waals surface area contributed by atoms with Crippen molar-refractivity contribution in [3.8, 4) is 10.6 Å². The van der Waals surface area contributed by atoms with Gasteiger partial charge in [-0.2, -0.15) is 9.61 Å². The smallest absolute Gasteiger partial charge is 0.266 e. The first-order chi connectivity index (χ1) is 12.6. The molecule has 7 nitrogen and oxygen atoms in total. The summed E-state index contributed by atoms with van der Waals surface area (Å²) >= 11 is 2.94. The topological polar surface area (TPSA) is 90.4 Å². The summed E-state index contributed by atoms with van der Waals surface area (Å²) in [6, 6.07) is 6.16. The maximum Gasteiger partial charge on any atom is 0.284 e. The molecule has 0 spiro atoms. The van der Waals surface area contributed by atoms with Crippen molar-refractivity contribution in [1.82, 2.24) is 14.6 Å². The Morgan fingerprint density at radius 3 is 2.65 bits per heavy atom. The van der Waals surface area contributed by atoms with Gasteiger partial charge in [0, 0.05) is 22.6 Å². The lowest BCUT2D eigenvalue weighted by molar-refractivity contribution is -0.384. The van der Waals surface area contributed by atoms with Crippen LogP contribution in [0.2, 0.25) is 0 Å². The Kier molecular flexibility index (Phi) is 3.41. The van der Waals surface area contributed by atoms with Gasteiger partial charge >= 0.3 is 0 Å². The van der Waals surface area contributed by atoms with E-state index in [0.29, 0.717) is 15.4 Å². The third kappa shape index (κ3) is 2.27. The van der Waals surface area contributed by atoms with Gasteiger partial charge in [-0.1, -0.05) is 11.3 Å². The third-order valence-corrected chi connectivity index (χ3v) is 6.78. The maximum absolute atomic E-state index is 13.0. The first-order valence-electron chi connectivity index (χ1n) is 8.21. The molecule has 1 aromatic carbocycles. The summed E-state index contributed by atoms with van der Waals surface area (Å²) in [5.74, 6) is 0. The van der Waals surface area contributed by atoms with Crippen LogP contribution in [-0.4, -0.2) is 19.5 Å². The number of aryl methyl sites for hydroxylation is 2. The number of hydrogen-bond acceptors (Lipinski definition) is 7. The molecule has 0 amide bonds. The van der Waals surface area contributed by atoms with Crippen molar-refractivity contribution in [2.45, 2.75) is 25.7 Å². The van der Waals surface area contributed by atoms with Crippen LogP contribution in [-0.2, 0) is 12.8 Å². The number of rotatable bonds is 2. The molecule has 0 fully saturated rings. The van der Waals surface area contributed by atoms with Gasteiger partial charge in [-0.3, -0.25) is 14.9 Å². The summed E-state index contributed by atoms with van der Waals surface area (Å²) in [6.45, 7) is 0. The minimum Gasteiger partial charge on any atom is -0.266 e. The third-order valence-electron chi connectivity index (χ3n) is 4.64. The van der Waals surface area contributed by atoms with Gasteiger partial charge in [-0.25, -0.2) is 4.98 Å². The summed E-state index contributed by atoms with van der Waals surface area (Å²) < 4.78 is 1.37. The van der Waals surface area contributed by atoms with E-state index >= 15 is 0 Å². The van der Waals surface area contributed by atoms with Gasteiger partial charge in [-0.05, 0) is 43.4 Å². The summed E-state index contributed by atoms with van der Waals surface area (Å²) in [6.07, 6.45) is 4.22. The molecule has 0 radical (unpaired) electrons. The van der Waals surface area contributed by atoms with E-state index in [4.69, 9.17) is 0 Å². The number of nitro benzene ring substituents is 1. The van der Waals surface area contributed by atoms with E-state index in [1.165, 1.54) is 32.9 Å². The molecule has 9 heteroatoms. The molecule has 3 heterocycles. The fourth-order valence-corrected chi connectivity index (χ4v) is 5.58. The largest absolute Gasteiger partial charge is 0.284 e. The minimum absolute atomic E-state index is 0.0253. The zero-order chi connectivity index (χ0) is 17.8. The monoisotopic (exact) mass is 384 g/mol. The molecule has 4 aromatic rings. The Labute approximate surface area is 154 Å². The highest BCUT2D eigenvalue weighted by molar-refractivity contribution is 7.21. The van der Waals surface area contributed by atoms with Crippen molar-refractivity contribution in [2.24, 2.45) is 0 Å². The maximum atomic E-state index is 13.0. The van der Waals surface area contributed by atoms with Crippen molar-refractivity contribution in [2.75, 3.05) is 0 Å². The molecule has 1 aliphatic carbocycles. The number of aromatic nitrogens is 3. The Morgan fingerprint density at radius 2 is 1.88 bits per heavy atom. The summed E-state index contributed by atoms with van der Waals surface area (Å²) in [5.41, 5.74) is 1.79. The standard InChI is InChI=1S/C17H12N4O3S2/c22-16-13-11-3-1-2-4-12(11)25-15(13)18-17-20(16)19-14(26-17)9-5-7-10(8-6-9)21(23)24/h5-8H,1-4H2. The quantitative estimate of drug-likeness (QED) is 0.387. The van der Waals surface area contributed by atoms with Crippen LogP contribution < -0.4 is 5.56 Å². The van der Waals surface area contributed by atoms with Crippen LogP contribution in [0.15, 0.2) is 29.1 Å². The van der Waals surface area contributed by atoms with Crippen LogP contribution in [0.5, 0.6) is 0 Å². The van der Waals surface area contributed by atoms with Gasteiger partial charge in [0.25, 0.3) is 11.2 Å². The first-order valence-corrected chi connectivity index (χ1v) is 9.84. The number of non-ortho nitro benzene ring substituents is 1. The molecule has 1 aliphatic rings. The number of thiophene rings is 1. The molecule has 26 heavy (non-hydrogen) atoms. The fourth-order valence-electron chi connectivity index (χ4n) is 3.37. The summed E-state index contributed by atoms with van der Waals surface area (Å²) in [4.78, 5) is 30.6. The lowest BCUT2D eigenvalue weighted by Gasteiger charge is -2.09. The Morgan fingerprint density at radius 1 is 1.12 bits per heavy atom. The number of nitro groups is 1. The number of fused-ring (bicyclic) bond motifs is 4. The predicted octanol–water partition coefficient (Wildman–Crippen LogP) is 3.82. The Bertz CT molecular complexity index is 1240. The van der Waals surface area contributed by atoms with E-state index in [0.717, 1.165) is 41.6 Å². The predicted molar refractivity (Wildman–Crippen MR) is 101 cm³/mol. The van der Waals surface area contributed by atoms with Crippen LogP contribution in [0, 0.1) is 10.1 Å². The van der Waals surface area contributed by atoms with Crippen molar-refractivity contribution < 1.29 is 4.92 Å². The van der Waals surface area contributed by atoms with E-state index in [9.17, 15) is 14.9 Å². The first kappa shape index (κ1) is 15.6. The molecular weight excluding hydrogens is 372 g/mol. The van der Waals surface area contributed by atoms with Crippen LogP contribution in [0.3, 0.4) is 0 Å². The van der Waals surface area contributed by atoms with E-state index in [1.807, 2.05) is 0 Å². The molecule has 3 aromatic heterocycles. The number of nitrogens with zero attached hydrogens (tertiary/aromatic N) is 4. The van der Waals surface area contributed by atoms with Gasteiger partial charge < -0.3 is 0 Å². The second kappa shape index (κ2) is 5.68. The normalized spacial score (nSPS) is 14.0. The zero-order valence-corrected chi connectivity index (χ0v) is 15.1. The zero-order valence-electron chi connectivity index (χ0n) is 13.5. The van der Waals surface area contributed by atoms with Crippen LogP contribution >= 0.6 is 22.7 Å². The fraction of sp³-hybridized carbons (Fsp3) is 0.235. The van der Waals surface area contributed by atoms with Crippen LogP contribution in [0.25, 0.3) is 25.7 Å². The molecule has 0 unspecified atom stereocenters. The van der Waals surface area contributed by atoms with Crippen LogP contribution in [0.1, 0.15) is 23.3 Å². The van der Waals surface area contributed by atoms with Gasteiger partial charge in [0.05, 0.1) is 10.3 Å². The molecule has 0 bridgehead atoms. The average Bonchev–Trinajstić information content (AvgIpc) is 3.23. The molecule has 0 aliphatic heterocycles. The second-order valence-electron chi connectivity index (χ2n) is 6.21. The SMILES string of the molecule is O=c1c2c3c(sc2nc2sc(-c4ccc([N+](=O)[O-])cc4)nn12)CCCC3. The Hall–Kier alpha value is -2.65. The number of benzene rings is 1. The molecular formula is C17H12N4O3S2. The highest BCUT2D eigenvalue weighted by Gasteiger charge is 2.22. The minimum atomic E-state index is -0.439. The van der Waals surface area contributed by atoms with Crippen molar-refractivity contribution in [3.63, 3.8) is 0 Å². The van der Waals surface area contributed by atoms with E-state index < -0.39 is 4.92 Å². The van der Waals surface area contributed by atoms with Crippen LogP contribution in [0.4, 0.5) is 5.69 Å². The van der Waals surface area contributed by atoms with E-state index in [2.05, 4.69) is 10.1 Å². The van der Waals surface area contributed by atoms with Gasteiger partial charge in [0.1, 0.15) is 9.84 Å². The highest BCUT2D eigenvalue weighted by atomic mass is 32.1. The Balaban J connectivity index is 1.69. The van der Waals surface area contributed by atoms with Gasteiger partial charge in [0.15, 0.2) is 0 Å². The number of hydrogen-bond donors (Lipinski definition) is 0. The highest BCUT2D eigenvalue weighted by Crippen LogP contribution is 2.35. The molecule has 0 saturated carbocycles. The molecule has 0 atom stereocenters. The molecule has 0 N–H and O–H groups in total. The van der Waals surface area contributed by atoms with Gasteiger partial charge in [0.2, 0.25) is 4.96 Å². The second-order valence-corrected chi connectivity index (χ2v) is 8.25. The van der Waals surface area contributed by atoms with E-state index in [-0.39, 0.29) is 11.2 Å². The molecule has 0 saturated heterocycles. The van der Waals surface area contributed by atoms with Crippen molar-refractivity contribution in [3.05, 3.63) is 55.2 Å². The van der Waals surface area contributed by atoms with Crippen molar-refractivity contribution in [1.29, 1.82) is 0 Å². The molecule has 5 rings (SSSR count). The lowest BCUT2D eigenvalue weighted by Crippen LogP contribution is -2.16. The average molecular weight is 384 g/mol. The molecule has 130 valence electrons. The van der Waals surface area contributed by atoms with Crippen molar-refractivity contribution >= 4 is 43.5 Å². The van der Waals surface area contributed by atoms with E-state index in [1.54, 1.807) is 23.5 Å².